The highest BCUT2D eigenvalue weighted by atomic mass is 27.2. The van der Waals surface area contributed by atoms with Crippen molar-refractivity contribution in [3.63, 3.8) is 0 Å². The van der Waals surface area contributed by atoms with Crippen LogP contribution in [0.4, 0.5) is 0 Å². The van der Waals surface area contributed by atoms with Gasteiger partial charge in [-0.1, -0.05) is 31.3 Å². The fourth-order valence-corrected chi connectivity index (χ4v) is 2.78. The summed E-state index contributed by atoms with van der Waals surface area (Å²) in [6.07, 6.45) is 1.28. The molecule has 0 saturated heterocycles. The first-order valence-corrected chi connectivity index (χ1v) is 6.29. The Hall–Kier alpha value is 0.492. The summed E-state index contributed by atoms with van der Waals surface area (Å²) in [5, 5.41) is 2.80. The molecule has 1 N–H and O–H groups in total. The Balaban J connectivity index is 3.09. The minimum Gasteiger partial charge on any atom is -0.399 e. The molecule has 54 valence electrons. The molecule has 2 heteroatoms. The van der Waals surface area contributed by atoms with E-state index in [9.17, 15) is 0 Å². The second-order valence-corrected chi connectivity index (χ2v) is 5.90. The van der Waals surface area contributed by atoms with E-state index < -0.39 is 14.4 Å². The second kappa shape index (κ2) is 6.61. The molecule has 0 atom stereocenters. The summed E-state index contributed by atoms with van der Waals surface area (Å²) in [5.41, 5.74) is 0. The Morgan fingerprint density at radius 1 is 1.11 bits per heavy atom. The molecule has 0 amide bonds. The van der Waals surface area contributed by atoms with Crippen LogP contribution in [0.1, 0.15) is 27.2 Å². The van der Waals surface area contributed by atoms with Crippen molar-refractivity contribution in [3.05, 3.63) is 0 Å². The van der Waals surface area contributed by atoms with Gasteiger partial charge in [-0.3, -0.25) is 0 Å². The molecule has 0 spiro atoms. The smallest absolute Gasteiger partial charge is 0.369 e. The molecule has 0 rings (SSSR count). The maximum atomic E-state index is 3.61. The van der Waals surface area contributed by atoms with E-state index in [1.54, 1.807) is 0 Å². The molecule has 0 aromatic rings. The Kier molecular flexibility index (Phi) is 6.97. The average Bonchev–Trinajstić information content (AvgIpc) is 1.91. The van der Waals surface area contributed by atoms with E-state index >= 15 is 0 Å². The van der Waals surface area contributed by atoms with Crippen molar-refractivity contribution in [2.24, 2.45) is 0 Å². The molecule has 0 radical (unpaired) electrons. The van der Waals surface area contributed by atoms with Gasteiger partial charge in [-0.15, -0.1) is 0 Å². The summed E-state index contributed by atoms with van der Waals surface area (Å²) < 4.78 is 3.61. The van der Waals surface area contributed by atoms with Gasteiger partial charge in [-0.2, -0.15) is 0 Å². The van der Waals surface area contributed by atoms with E-state index in [2.05, 4.69) is 25.1 Å². The van der Waals surface area contributed by atoms with Crippen LogP contribution >= 0.6 is 0 Å². The largest absolute Gasteiger partial charge is 0.399 e. The number of nitrogens with one attached hydrogen (secondary N) is 1. The lowest BCUT2D eigenvalue weighted by Crippen LogP contribution is -2.32. The topological polar surface area (TPSA) is 12.0 Å². The zero-order valence-electron chi connectivity index (χ0n) is 6.91. The van der Waals surface area contributed by atoms with Gasteiger partial charge in [0.05, 0.1) is 0 Å². The van der Waals surface area contributed by atoms with Gasteiger partial charge in [0, 0.05) is 0 Å². The monoisotopic (exact) mass is 143 g/mol. The number of hydrogen-bond acceptors (Lipinski definition) is 1. The minimum atomic E-state index is -0.460. The zero-order chi connectivity index (χ0) is 7.11. The van der Waals surface area contributed by atoms with Crippen molar-refractivity contribution >= 4 is 14.4 Å². The molecule has 0 heterocycles. The first kappa shape index (κ1) is 9.49. The van der Waals surface area contributed by atoms with E-state index in [0.717, 1.165) is 0 Å². The molecule has 1 nitrogen and oxygen atoms in total. The quantitative estimate of drug-likeness (QED) is 0.580. The molecule has 0 unspecified atom stereocenters. The number of hydrogen-bond donors (Lipinski definition) is 1. The third kappa shape index (κ3) is 4.96. The van der Waals surface area contributed by atoms with E-state index in [0.29, 0.717) is 0 Å². The van der Waals surface area contributed by atoms with Crippen molar-refractivity contribution < 1.29 is 0 Å². The zero-order valence-corrected chi connectivity index (χ0v) is 8.06. The highest BCUT2D eigenvalue weighted by Crippen LogP contribution is 1.92. The normalized spacial score (nSPS) is 9.67. The summed E-state index contributed by atoms with van der Waals surface area (Å²) in [7, 11) is 0. The maximum absolute atomic E-state index is 3.61. The van der Waals surface area contributed by atoms with Crippen molar-refractivity contribution in [3.8, 4) is 0 Å². The fraction of sp³-hybridized carbons (Fsp3) is 1.00. The van der Waals surface area contributed by atoms with Crippen LogP contribution in [-0.2, 0) is 0 Å². The summed E-state index contributed by atoms with van der Waals surface area (Å²) in [6, 6.07) is 0. The predicted octanol–water partition coefficient (Wildman–Crippen LogP) is 2.02. The molecule has 9 heavy (non-hydrogen) atoms. The Labute approximate surface area is 63.4 Å². The molecule has 0 saturated carbocycles. The Bertz CT molecular complexity index is 52.9. The van der Waals surface area contributed by atoms with Gasteiger partial charge in [0.1, 0.15) is 0 Å². The Morgan fingerprint density at radius 2 is 1.67 bits per heavy atom. The van der Waals surface area contributed by atoms with Crippen molar-refractivity contribution in [1.29, 1.82) is 0 Å². The van der Waals surface area contributed by atoms with Gasteiger partial charge in [-0.25, -0.2) is 0 Å². The van der Waals surface area contributed by atoms with Gasteiger partial charge in [0.2, 0.25) is 0 Å². The molecule has 0 aliphatic heterocycles. The van der Waals surface area contributed by atoms with Crippen LogP contribution in [0.2, 0.25) is 10.6 Å². The fourth-order valence-electron chi connectivity index (χ4n) is 0.926. The van der Waals surface area contributed by atoms with E-state index in [1.165, 1.54) is 23.5 Å². The summed E-state index contributed by atoms with van der Waals surface area (Å²) in [4.78, 5) is 0. The van der Waals surface area contributed by atoms with Crippen LogP contribution in [0.5, 0.6) is 0 Å². The van der Waals surface area contributed by atoms with Crippen LogP contribution in [0.3, 0.4) is 0 Å². The number of rotatable bonds is 5. The first-order valence-electron chi connectivity index (χ1n) is 4.08. The van der Waals surface area contributed by atoms with Crippen molar-refractivity contribution in [2.75, 3.05) is 6.54 Å². The molecule has 0 aromatic carbocycles. The third-order valence-electron chi connectivity index (χ3n) is 1.67. The second-order valence-electron chi connectivity index (χ2n) is 2.47. The van der Waals surface area contributed by atoms with E-state index in [1.807, 2.05) is 0 Å². The Morgan fingerprint density at radius 3 is 2.00 bits per heavy atom. The average molecular weight is 143 g/mol. The van der Waals surface area contributed by atoms with Crippen LogP contribution in [0, 0.1) is 0 Å². The standard InChI is InChI=1S/C3H8N.2C2H5.Al/c1-2-3-4;2*1-2;/h4H,2-3H2,1H3;2*1H2,2H3;/q-1;;;+1. The summed E-state index contributed by atoms with van der Waals surface area (Å²) >= 11 is -0.460. The van der Waals surface area contributed by atoms with Gasteiger partial charge < -0.3 is 4.30 Å². The highest BCUT2D eigenvalue weighted by molar-refractivity contribution is 6.55. The minimum absolute atomic E-state index is 0.460. The van der Waals surface area contributed by atoms with Crippen molar-refractivity contribution in [2.45, 2.75) is 37.8 Å². The predicted molar refractivity (Wildman–Crippen MR) is 45.0 cm³/mol. The summed E-state index contributed by atoms with van der Waals surface area (Å²) in [5.74, 6) is 0. The molecular weight excluding hydrogens is 125 g/mol. The lowest BCUT2D eigenvalue weighted by atomic mass is 10.5. The maximum Gasteiger partial charge on any atom is 0.369 e. The van der Waals surface area contributed by atoms with E-state index in [4.69, 9.17) is 0 Å². The van der Waals surface area contributed by atoms with Crippen molar-refractivity contribution in [1.82, 2.24) is 4.30 Å². The molecular formula is C7H18AlN. The van der Waals surface area contributed by atoms with Gasteiger partial charge in [0.15, 0.2) is 0 Å². The molecule has 0 aromatic heterocycles. The lowest BCUT2D eigenvalue weighted by molar-refractivity contribution is 0.841. The third-order valence-corrected chi connectivity index (χ3v) is 4.51. The highest BCUT2D eigenvalue weighted by Gasteiger charge is 2.09. The van der Waals surface area contributed by atoms with Crippen LogP contribution in [0.15, 0.2) is 0 Å². The molecule has 0 fully saturated rings. The van der Waals surface area contributed by atoms with Gasteiger partial charge in [0.25, 0.3) is 0 Å². The molecule has 0 aliphatic rings. The summed E-state index contributed by atoms with van der Waals surface area (Å²) in [6.45, 7) is 8.05. The molecule has 0 aliphatic carbocycles. The van der Waals surface area contributed by atoms with Gasteiger partial charge >= 0.3 is 14.4 Å². The van der Waals surface area contributed by atoms with Crippen LogP contribution in [-0.4, -0.2) is 20.9 Å². The van der Waals surface area contributed by atoms with E-state index in [-0.39, 0.29) is 0 Å². The first-order chi connectivity index (χ1) is 4.35. The SMILES string of the molecule is CCC[NH][Al]([CH2]C)[CH2]C. The lowest BCUT2D eigenvalue weighted by Gasteiger charge is -2.06. The van der Waals surface area contributed by atoms with Crippen LogP contribution in [0.25, 0.3) is 0 Å². The van der Waals surface area contributed by atoms with Gasteiger partial charge in [-0.05, 0) is 13.0 Å². The van der Waals surface area contributed by atoms with Crippen LogP contribution < -0.4 is 4.30 Å². The molecule has 0 bridgehead atoms.